The second kappa shape index (κ2) is 8.53. The van der Waals surface area contributed by atoms with Gasteiger partial charge in [-0.2, -0.15) is 9.29 Å². The third-order valence-electron chi connectivity index (χ3n) is 6.27. The number of rotatable bonds is 6. The minimum Gasteiger partial charge on any atom is -0.472 e. The number of piperidine rings is 2. The zero-order valence-electron chi connectivity index (χ0n) is 17.0. The second-order valence-electron chi connectivity index (χ2n) is 8.14. The van der Waals surface area contributed by atoms with Crippen molar-refractivity contribution in [3.8, 4) is 5.88 Å². The highest BCUT2D eigenvalue weighted by atomic mass is 35.5. The summed E-state index contributed by atoms with van der Waals surface area (Å²) in [5.41, 5.74) is 0. The van der Waals surface area contributed by atoms with Crippen LogP contribution in [0.3, 0.4) is 0 Å². The highest BCUT2D eigenvalue weighted by Gasteiger charge is 2.45. The second-order valence-corrected chi connectivity index (χ2v) is 10.7. The van der Waals surface area contributed by atoms with Gasteiger partial charge in [0.15, 0.2) is 0 Å². The van der Waals surface area contributed by atoms with Gasteiger partial charge in [0.05, 0.1) is 19.0 Å². The molecule has 162 valence electrons. The number of hydrogen-bond acceptors (Lipinski definition) is 7. The molecule has 0 saturated carbocycles. The Morgan fingerprint density at radius 2 is 2.00 bits per heavy atom. The number of sulfonamides is 1. The third kappa shape index (κ3) is 4.47. The van der Waals surface area contributed by atoms with Crippen molar-refractivity contribution in [3.63, 3.8) is 0 Å². The number of aromatic nitrogens is 2. The average molecular weight is 445 g/mol. The molecule has 8 nitrogen and oxygen atoms in total. The van der Waals surface area contributed by atoms with Crippen molar-refractivity contribution < 1.29 is 17.9 Å². The standard InChI is InChI=1S/C19H29ClN4O4S/c1-3-29(25,26)24-13-5-4-6-14(24)10-15(9-13)23(2)19-21-17(20)11-18(22-19)28-16-7-8-27-12-16/h11,13-16H,3-10,12H2,1-2H3/t13-,14+,15+,16-/m0/s1. The Kier molecular flexibility index (Phi) is 6.20. The van der Waals surface area contributed by atoms with E-state index in [1.807, 2.05) is 11.9 Å². The fraction of sp³-hybridized carbons (Fsp3) is 0.789. The number of hydrogen-bond donors (Lipinski definition) is 0. The summed E-state index contributed by atoms with van der Waals surface area (Å²) in [6.45, 7) is 2.97. The van der Waals surface area contributed by atoms with Gasteiger partial charge in [0.25, 0.3) is 0 Å². The fourth-order valence-corrected chi connectivity index (χ4v) is 6.53. The molecule has 0 amide bonds. The molecule has 2 bridgehead atoms. The quantitative estimate of drug-likeness (QED) is 0.623. The van der Waals surface area contributed by atoms with Crippen LogP contribution >= 0.6 is 11.6 Å². The van der Waals surface area contributed by atoms with Gasteiger partial charge in [0.2, 0.25) is 21.9 Å². The fourth-order valence-electron chi connectivity index (χ4n) is 4.77. The van der Waals surface area contributed by atoms with Crippen molar-refractivity contribution in [1.82, 2.24) is 14.3 Å². The zero-order valence-corrected chi connectivity index (χ0v) is 18.5. The van der Waals surface area contributed by atoms with Crippen LogP contribution in [0.1, 0.15) is 45.4 Å². The monoisotopic (exact) mass is 444 g/mol. The molecule has 4 atom stereocenters. The van der Waals surface area contributed by atoms with E-state index in [1.54, 1.807) is 17.3 Å². The highest BCUT2D eigenvalue weighted by Crippen LogP contribution is 2.38. The van der Waals surface area contributed by atoms with Gasteiger partial charge < -0.3 is 14.4 Å². The molecule has 10 heteroatoms. The molecule has 3 aliphatic rings. The van der Waals surface area contributed by atoms with Crippen LogP contribution in [0, 0.1) is 0 Å². The Hall–Kier alpha value is -1.16. The summed E-state index contributed by atoms with van der Waals surface area (Å²) < 4.78 is 38.3. The van der Waals surface area contributed by atoms with Crippen molar-refractivity contribution >= 4 is 27.6 Å². The van der Waals surface area contributed by atoms with E-state index in [9.17, 15) is 8.42 Å². The van der Waals surface area contributed by atoms with Crippen LogP contribution < -0.4 is 9.64 Å². The lowest BCUT2D eigenvalue weighted by molar-refractivity contribution is 0.109. The van der Waals surface area contributed by atoms with Gasteiger partial charge in [-0.25, -0.2) is 13.4 Å². The Labute approximate surface area is 177 Å². The van der Waals surface area contributed by atoms with Crippen molar-refractivity contribution in [1.29, 1.82) is 0 Å². The minimum absolute atomic E-state index is 0.0130. The summed E-state index contributed by atoms with van der Waals surface area (Å²) in [6, 6.07) is 1.88. The molecule has 3 fully saturated rings. The van der Waals surface area contributed by atoms with E-state index in [-0.39, 0.29) is 30.0 Å². The molecule has 0 radical (unpaired) electrons. The normalized spacial score (nSPS) is 30.3. The molecular formula is C19H29ClN4O4S. The Morgan fingerprint density at radius 1 is 1.28 bits per heavy atom. The van der Waals surface area contributed by atoms with E-state index >= 15 is 0 Å². The minimum atomic E-state index is -3.19. The van der Waals surface area contributed by atoms with Crippen molar-refractivity contribution in [2.75, 3.05) is 30.9 Å². The lowest BCUT2D eigenvalue weighted by atomic mass is 9.83. The van der Waals surface area contributed by atoms with Crippen LogP contribution in [0.2, 0.25) is 5.15 Å². The average Bonchev–Trinajstić information content (AvgIpc) is 3.18. The van der Waals surface area contributed by atoms with Crippen molar-refractivity contribution in [3.05, 3.63) is 11.2 Å². The summed E-state index contributed by atoms with van der Waals surface area (Å²) in [4.78, 5) is 11.0. The molecule has 29 heavy (non-hydrogen) atoms. The summed E-state index contributed by atoms with van der Waals surface area (Å²) in [5.74, 6) is 1.12. The van der Waals surface area contributed by atoms with Crippen LogP contribution in [0.5, 0.6) is 5.88 Å². The van der Waals surface area contributed by atoms with Crippen molar-refractivity contribution in [2.24, 2.45) is 0 Å². The lowest BCUT2D eigenvalue weighted by Gasteiger charge is -2.49. The van der Waals surface area contributed by atoms with Gasteiger partial charge in [-0.15, -0.1) is 0 Å². The molecule has 1 aromatic heterocycles. The maximum Gasteiger partial charge on any atom is 0.230 e. The molecule has 4 rings (SSSR count). The van der Waals surface area contributed by atoms with Gasteiger partial charge in [-0.05, 0) is 32.6 Å². The van der Waals surface area contributed by atoms with E-state index in [1.165, 1.54) is 0 Å². The smallest absolute Gasteiger partial charge is 0.230 e. The number of nitrogens with zero attached hydrogens (tertiary/aromatic N) is 4. The van der Waals surface area contributed by atoms with Crippen LogP contribution in [0.4, 0.5) is 5.95 Å². The maximum atomic E-state index is 12.6. The first-order chi connectivity index (χ1) is 13.9. The van der Waals surface area contributed by atoms with Crippen LogP contribution in [0.25, 0.3) is 0 Å². The van der Waals surface area contributed by atoms with E-state index in [2.05, 4.69) is 9.97 Å². The summed E-state index contributed by atoms with van der Waals surface area (Å²) >= 11 is 6.24. The SMILES string of the molecule is CCS(=O)(=O)N1[C@@H]2CCC[C@H]1C[C@@H](N(C)c1nc(Cl)cc(O[C@H]3CCOC3)n1)C2. The highest BCUT2D eigenvalue weighted by molar-refractivity contribution is 7.89. The van der Waals surface area contributed by atoms with Gasteiger partial charge in [0, 0.05) is 37.7 Å². The van der Waals surface area contributed by atoms with Gasteiger partial charge in [-0.1, -0.05) is 18.0 Å². The van der Waals surface area contributed by atoms with Gasteiger partial charge in [0.1, 0.15) is 11.3 Å². The van der Waals surface area contributed by atoms with E-state index < -0.39 is 10.0 Å². The van der Waals surface area contributed by atoms with Gasteiger partial charge >= 0.3 is 0 Å². The largest absolute Gasteiger partial charge is 0.472 e. The van der Waals surface area contributed by atoms with Crippen LogP contribution in [0.15, 0.2) is 6.07 Å². The molecule has 0 aliphatic carbocycles. The van der Waals surface area contributed by atoms with Crippen LogP contribution in [-0.2, 0) is 14.8 Å². The Morgan fingerprint density at radius 3 is 2.62 bits per heavy atom. The number of halogens is 1. The molecule has 4 heterocycles. The lowest BCUT2D eigenvalue weighted by Crippen LogP contribution is -2.58. The summed E-state index contributed by atoms with van der Waals surface area (Å²) in [5, 5.41) is 0.335. The van der Waals surface area contributed by atoms with Gasteiger partial charge in [-0.3, -0.25) is 0 Å². The molecular weight excluding hydrogens is 416 g/mol. The van der Waals surface area contributed by atoms with Crippen LogP contribution in [-0.4, -0.2) is 72.9 Å². The number of anilines is 1. The molecule has 3 aliphatic heterocycles. The summed E-state index contributed by atoms with van der Waals surface area (Å²) in [6.07, 6.45) is 5.26. The van der Waals surface area contributed by atoms with E-state index in [4.69, 9.17) is 21.1 Å². The Bertz CT molecular complexity index is 819. The first-order valence-corrected chi connectivity index (χ1v) is 12.4. The molecule has 0 N–H and O–H groups in total. The number of ether oxygens (including phenoxy) is 2. The van der Waals surface area contributed by atoms with Crippen molar-refractivity contribution in [2.45, 2.75) is 69.7 Å². The maximum absolute atomic E-state index is 12.6. The molecule has 0 aromatic carbocycles. The first-order valence-electron chi connectivity index (χ1n) is 10.4. The third-order valence-corrected chi connectivity index (χ3v) is 8.43. The van der Waals surface area contributed by atoms with E-state index in [0.717, 1.165) is 38.5 Å². The Balaban J connectivity index is 1.51. The predicted octanol–water partition coefficient (Wildman–Crippen LogP) is 2.47. The first kappa shape index (κ1) is 21.1. The predicted molar refractivity (Wildman–Crippen MR) is 111 cm³/mol. The molecule has 0 spiro atoms. The topological polar surface area (TPSA) is 84.9 Å². The summed E-state index contributed by atoms with van der Waals surface area (Å²) in [7, 11) is -1.23. The van der Waals surface area contributed by atoms with E-state index in [0.29, 0.717) is 30.2 Å². The molecule has 3 saturated heterocycles. The zero-order chi connectivity index (χ0) is 20.6. The molecule has 0 unspecified atom stereocenters. The molecule has 1 aromatic rings. The number of fused-ring (bicyclic) bond motifs is 2.